The number of nitrogens with zero attached hydrogens (tertiary/aromatic N) is 2. The molecular formula is C9H13ClN2. The van der Waals surface area contributed by atoms with Crippen molar-refractivity contribution in [2.24, 2.45) is 5.92 Å². The van der Waals surface area contributed by atoms with Crippen molar-refractivity contribution in [3.8, 4) is 0 Å². The summed E-state index contributed by atoms with van der Waals surface area (Å²) in [6.07, 6.45) is 3.28. The lowest BCUT2D eigenvalue weighted by molar-refractivity contribution is 0.510. The second-order valence-corrected chi connectivity index (χ2v) is 3.73. The van der Waals surface area contributed by atoms with Crippen LogP contribution >= 0.6 is 11.6 Å². The van der Waals surface area contributed by atoms with Crippen LogP contribution in [0.2, 0.25) is 5.02 Å². The molecule has 1 aromatic heterocycles. The van der Waals surface area contributed by atoms with Gasteiger partial charge in [0.05, 0.1) is 5.02 Å². The standard InChI is InChI=1S/C9H13ClN2/c1-6(2)7(3)9-11-4-8(10)5-12-9/h4-7H,1-3H3. The molecule has 0 bridgehead atoms. The van der Waals surface area contributed by atoms with Crippen molar-refractivity contribution in [3.05, 3.63) is 23.2 Å². The van der Waals surface area contributed by atoms with Crippen LogP contribution in [0.25, 0.3) is 0 Å². The molecule has 0 fully saturated rings. The summed E-state index contributed by atoms with van der Waals surface area (Å²) in [6, 6.07) is 0. The maximum Gasteiger partial charge on any atom is 0.131 e. The monoisotopic (exact) mass is 184 g/mol. The van der Waals surface area contributed by atoms with Gasteiger partial charge in [-0.2, -0.15) is 0 Å². The number of aromatic nitrogens is 2. The van der Waals surface area contributed by atoms with Crippen LogP contribution in [-0.2, 0) is 0 Å². The summed E-state index contributed by atoms with van der Waals surface area (Å²) in [5.74, 6) is 1.82. The lowest BCUT2D eigenvalue weighted by Crippen LogP contribution is -2.06. The zero-order valence-corrected chi connectivity index (χ0v) is 8.34. The van der Waals surface area contributed by atoms with E-state index in [1.165, 1.54) is 0 Å². The van der Waals surface area contributed by atoms with E-state index >= 15 is 0 Å². The predicted octanol–water partition coefficient (Wildman–Crippen LogP) is 2.89. The molecule has 1 heterocycles. The second kappa shape index (κ2) is 3.85. The summed E-state index contributed by atoms with van der Waals surface area (Å²) in [4.78, 5) is 8.31. The van der Waals surface area contributed by atoms with E-state index in [2.05, 4.69) is 30.7 Å². The van der Waals surface area contributed by atoms with Crippen LogP contribution in [0, 0.1) is 5.92 Å². The second-order valence-electron chi connectivity index (χ2n) is 3.29. The Kier molecular flexibility index (Phi) is 3.04. The van der Waals surface area contributed by atoms with E-state index in [-0.39, 0.29) is 0 Å². The molecule has 0 spiro atoms. The van der Waals surface area contributed by atoms with Crippen molar-refractivity contribution in [1.82, 2.24) is 9.97 Å². The molecule has 1 rings (SSSR count). The first-order valence-electron chi connectivity index (χ1n) is 4.08. The highest BCUT2D eigenvalue weighted by Gasteiger charge is 2.11. The fraction of sp³-hybridized carbons (Fsp3) is 0.556. The highest BCUT2D eigenvalue weighted by Crippen LogP contribution is 2.20. The molecule has 0 aliphatic heterocycles. The first-order chi connectivity index (χ1) is 5.61. The molecule has 66 valence electrons. The van der Waals surface area contributed by atoms with E-state index < -0.39 is 0 Å². The minimum Gasteiger partial charge on any atom is -0.240 e. The number of halogens is 1. The van der Waals surface area contributed by atoms with Crippen LogP contribution in [0.15, 0.2) is 12.4 Å². The van der Waals surface area contributed by atoms with Crippen molar-refractivity contribution >= 4 is 11.6 Å². The van der Waals surface area contributed by atoms with Gasteiger partial charge in [-0.1, -0.05) is 32.4 Å². The summed E-state index contributed by atoms with van der Waals surface area (Å²) in [7, 11) is 0. The summed E-state index contributed by atoms with van der Waals surface area (Å²) >= 11 is 5.67. The maximum atomic E-state index is 5.67. The Bertz CT molecular complexity index is 243. The van der Waals surface area contributed by atoms with Gasteiger partial charge in [0.25, 0.3) is 0 Å². The molecule has 0 aliphatic rings. The molecule has 1 aromatic rings. The Morgan fingerprint density at radius 1 is 1.17 bits per heavy atom. The smallest absolute Gasteiger partial charge is 0.131 e. The number of rotatable bonds is 2. The van der Waals surface area contributed by atoms with Crippen molar-refractivity contribution < 1.29 is 0 Å². The molecule has 0 radical (unpaired) electrons. The van der Waals surface area contributed by atoms with Crippen molar-refractivity contribution in [1.29, 1.82) is 0 Å². The molecule has 1 unspecified atom stereocenters. The average Bonchev–Trinajstić information content (AvgIpc) is 2.04. The van der Waals surface area contributed by atoms with Crippen LogP contribution in [0.3, 0.4) is 0 Å². The molecule has 3 heteroatoms. The molecule has 0 N–H and O–H groups in total. The van der Waals surface area contributed by atoms with Gasteiger partial charge in [0, 0.05) is 18.3 Å². The van der Waals surface area contributed by atoms with Gasteiger partial charge < -0.3 is 0 Å². The van der Waals surface area contributed by atoms with E-state index in [1.54, 1.807) is 12.4 Å². The minimum atomic E-state index is 0.391. The molecule has 0 aliphatic carbocycles. The van der Waals surface area contributed by atoms with Gasteiger partial charge in [-0.3, -0.25) is 0 Å². The summed E-state index contributed by atoms with van der Waals surface area (Å²) in [6.45, 7) is 6.43. The molecule has 0 saturated carbocycles. The first-order valence-corrected chi connectivity index (χ1v) is 4.46. The van der Waals surface area contributed by atoms with Gasteiger partial charge in [0.1, 0.15) is 5.82 Å². The summed E-state index contributed by atoms with van der Waals surface area (Å²) < 4.78 is 0. The molecular weight excluding hydrogens is 172 g/mol. The fourth-order valence-electron chi connectivity index (χ4n) is 0.856. The fourth-order valence-corrected chi connectivity index (χ4v) is 0.953. The molecule has 12 heavy (non-hydrogen) atoms. The molecule has 0 aromatic carbocycles. The normalized spacial score (nSPS) is 13.4. The summed E-state index contributed by atoms with van der Waals surface area (Å²) in [5, 5.41) is 0.592. The SMILES string of the molecule is CC(C)C(C)c1ncc(Cl)cn1. The number of hydrogen-bond donors (Lipinski definition) is 0. The average molecular weight is 185 g/mol. The third-order valence-corrected chi connectivity index (χ3v) is 2.24. The van der Waals surface area contributed by atoms with Gasteiger partial charge in [-0.25, -0.2) is 9.97 Å². The van der Waals surface area contributed by atoms with Gasteiger partial charge >= 0.3 is 0 Å². The summed E-state index contributed by atoms with van der Waals surface area (Å²) in [5.41, 5.74) is 0. The van der Waals surface area contributed by atoms with E-state index in [1.807, 2.05) is 0 Å². The zero-order valence-electron chi connectivity index (χ0n) is 7.58. The quantitative estimate of drug-likeness (QED) is 0.707. The van der Waals surface area contributed by atoms with Crippen LogP contribution in [-0.4, -0.2) is 9.97 Å². The molecule has 2 nitrogen and oxygen atoms in total. The Labute approximate surface area is 78.0 Å². The Morgan fingerprint density at radius 2 is 1.67 bits per heavy atom. The van der Waals surface area contributed by atoms with E-state index in [0.29, 0.717) is 16.9 Å². The van der Waals surface area contributed by atoms with E-state index in [9.17, 15) is 0 Å². The largest absolute Gasteiger partial charge is 0.240 e. The van der Waals surface area contributed by atoms with Crippen LogP contribution < -0.4 is 0 Å². The Balaban J connectivity index is 2.82. The lowest BCUT2D eigenvalue weighted by atomic mass is 9.97. The number of hydrogen-bond acceptors (Lipinski definition) is 2. The highest BCUT2D eigenvalue weighted by molar-refractivity contribution is 6.30. The zero-order chi connectivity index (χ0) is 9.14. The Hall–Kier alpha value is -0.630. The van der Waals surface area contributed by atoms with Crippen molar-refractivity contribution in [2.75, 3.05) is 0 Å². The predicted molar refractivity (Wildman–Crippen MR) is 50.3 cm³/mol. The van der Waals surface area contributed by atoms with Crippen LogP contribution in [0.5, 0.6) is 0 Å². The van der Waals surface area contributed by atoms with Gasteiger partial charge in [0.2, 0.25) is 0 Å². The van der Waals surface area contributed by atoms with Gasteiger partial charge in [-0.05, 0) is 5.92 Å². The lowest BCUT2D eigenvalue weighted by Gasteiger charge is -2.12. The topological polar surface area (TPSA) is 25.8 Å². The van der Waals surface area contributed by atoms with E-state index in [4.69, 9.17) is 11.6 Å². The van der Waals surface area contributed by atoms with Crippen molar-refractivity contribution in [3.63, 3.8) is 0 Å². The third kappa shape index (κ3) is 2.18. The van der Waals surface area contributed by atoms with Crippen molar-refractivity contribution in [2.45, 2.75) is 26.7 Å². The van der Waals surface area contributed by atoms with Crippen LogP contribution in [0.1, 0.15) is 32.5 Å². The Morgan fingerprint density at radius 3 is 2.08 bits per heavy atom. The van der Waals surface area contributed by atoms with Gasteiger partial charge in [0.15, 0.2) is 0 Å². The minimum absolute atomic E-state index is 0.391. The molecule has 0 amide bonds. The molecule has 0 saturated heterocycles. The maximum absolute atomic E-state index is 5.67. The van der Waals surface area contributed by atoms with Crippen LogP contribution in [0.4, 0.5) is 0 Å². The highest BCUT2D eigenvalue weighted by atomic mass is 35.5. The first kappa shape index (κ1) is 9.46. The van der Waals surface area contributed by atoms with Gasteiger partial charge in [-0.15, -0.1) is 0 Å². The van der Waals surface area contributed by atoms with E-state index in [0.717, 1.165) is 5.82 Å². The third-order valence-electron chi connectivity index (χ3n) is 2.05. The molecule has 1 atom stereocenters.